The van der Waals surface area contributed by atoms with Crippen LogP contribution >= 0.6 is 11.6 Å². The molecule has 1 saturated heterocycles. The first-order valence-corrected chi connectivity index (χ1v) is 5.80. The van der Waals surface area contributed by atoms with Crippen LogP contribution in [0.2, 0.25) is 5.02 Å². The van der Waals surface area contributed by atoms with Crippen LogP contribution in [0.4, 0.5) is 4.39 Å². The third-order valence-corrected chi connectivity index (χ3v) is 3.09. The van der Waals surface area contributed by atoms with Gasteiger partial charge in [0.15, 0.2) is 0 Å². The molecule has 1 aliphatic rings. The second-order valence-electron chi connectivity index (χ2n) is 4.07. The van der Waals surface area contributed by atoms with Crippen molar-refractivity contribution in [2.45, 2.75) is 25.8 Å². The Hall–Kier alpha value is -0.600. The zero-order valence-corrected chi connectivity index (χ0v) is 9.43. The molecule has 82 valence electrons. The Labute approximate surface area is 94.8 Å². The summed E-state index contributed by atoms with van der Waals surface area (Å²) in [6, 6.07) is 4.93. The maximum Gasteiger partial charge on any atom is 0.129 e. The molecule has 0 spiro atoms. The number of benzene rings is 1. The third-order valence-electron chi connectivity index (χ3n) is 2.86. The molecule has 0 amide bonds. The van der Waals surface area contributed by atoms with Gasteiger partial charge in [0.25, 0.3) is 0 Å². The van der Waals surface area contributed by atoms with E-state index < -0.39 is 0 Å². The molecule has 2 rings (SSSR count). The molecule has 0 aromatic heterocycles. The van der Waals surface area contributed by atoms with Gasteiger partial charge >= 0.3 is 0 Å². The molecule has 0 saturated carbocycles. The van der Waals surface area contributed by atoms with Crippen LogP contribution in [0.1, 0.15) is 24.8 Å². The fourth-order valence-corrected chi connectivity index (χ4v) is 2.17. The summed E-state index contributed by atoms with van der Waals surface area (Å²) >= 11 is 5.71. The molecule has 1 heterocycles. The van der Waals surface area contributed by atoms with Crippen LogP contribution in [-0.4, -0.2) is 18.0 Å². The Kier molecular flexibility index (Phi) is 3.60. The molecule has 1 fully saturated rings. The highest BCUT2D eigenvalue weighted by Gasteiger charge is 2.12. The minimum atomic E-state index is -0.187. The summed E-state index contributed by atoms with van der Waals surface area (Å²) in [6.45, 7) is 2.88. The van der Waals surface area contributed by atoms with E-state index in [9.17, 15) is 4.39 Å². The molecule has 0 bridgehead atoms. The van der Waals surface area contributed by atoms with E-state index in [0.717, 1.165) is 18.7 Å². The van der Waals surface area contributed by atoms with Gasteiger partial charge in [-0.05, 0) is 38.1 Å². The number of hydrogen-bond acceptors (Lipinski definition) is 1. The van der Waals surface area contributed by atoms with Crippen molar-refractivity contribution in [2.75, 3.05) is 13.1 Å². The van der Waals surface area contributed by atoms with Gasteiger partial charge in [-0.3, -0.25) is 4.90 Å². The molecule has 0 N–H and O–H groups in total. The second-order valence-corrected chi connectivity index (χ2v) is 4.51. The first kappa shape index (κ1) is 10.9. The van der Waals surface area contributed by atoms with Gasteiger partial charge in [0.2, 0.25) is 0 Å². The lowest BCUT2D eigenvalue weighted by Crippen LogP contribution is -2.29. The molecular weight excluding hydrogens is 213 g/mol. The van der Waals surface area contributed by atoms with Gasteiger partial charge in [-0.15, -0.1) is 0 Å². The molecule has 1 aromatic carbocycles. The zero-order valence-electron chi connectivity index (χ0n) is 8.68. The predicted molar refractivity (Wildman–Crippen MR) is 60.5 cm³/mol. The van der Waals surface area contributed by atoms with Crippen LogP contribution < -0.4 is 0 Å². The summed E-state index contributed by atoms with van der Waals surface area (Å²) in [6.07, 6.45) is 3.77. The van der Waals surface area contributed by atoms with E-state index in [-0.39, 0.29) is 5.82 Å². The van der Waals surface area contributed by atoms with E-state index in [1.54, 1.807) is 12.1 Å². The maximum atomic E-state index is 13.5. The van der Waals surface area contributed by atoms with E-state index in [1.807, 2.05) is 0 Å². The smallest absolute Gasteiger partial charge is 0.129 e. The Balaban J connectivity index is 2.03. The van der Waals surface area contributed by atoms with E-state index in [1.165, 1.54) is 25.3 Å². The molecule has 15 heavy (non-hydrogen) atoms. The second kappa shape index (κ2) is 4.95. The van der Waals surface area contributed by atoms with Crippen molar-refractivity contribution in [1.29, 1.82) is 0 Å². The lowest BCUT2D eigenvalue weighted by atomic mass is 10.1. The average molecular weight is 228 g/mol. The van der Waals surface area contributed by atoms with E-state index in [0.29, 0.717) is 11.6 Å². The maximum absolute atomic E-state index is 13.5. The minimum Gasteiger partial charge on any atom is -0.299 e. The monoisotopic (exact) mass is 227 g/mol. The molecule has 0 aliphatic carbocycles. The van der Waals surface area contributed by atoms with Crippen molar-refractivity contribution in [3.63, 3.8) is 0 Å². The molecule has 1 aliphatic heterocycles. The van der Waals surface area contributed by atoms with E-state index in [2.05, 4.69) is 4.90 Å². The first-order chi connectivity index (χ1) is 7.25. The lowest BCUT2D eigenvalue weighted by Gasteiger charge is -2.26. The van der Waals surface area contributed by atoms with Crippen molar-refractivity contribution in [3.05, 3.63) is 34.6 Å². The van der Waals surface area contributed by atoms with Gasteiger partial charge in [0.05, 0.1) is 0 Å². The topological polar surface area (TPSA) is 3.24 Å². The number of halogens is 2. The summed E-state index contributed by atoms with van der Waals surface area (Å²) in [4.78, 5) is 2.30. The summed E-state index contributed by atoms with van der Waals surface area (Å²) < 4.78 is 13.5. The molecule has 0 atom stereocenters. The summed E-state index contributed by atoms with van der Waals surface area (Å²) in [5.41, 5.74) is 0.751. The standard InChI is InChI=1S/C12H15ClFN/c13-11-5-4-10(12(14)8-11)9-15-6-2-1-3-7-15/h4-5,8H,1-3,6-7,9H2. The van der Waals surface area contributed by atoms with Crippen LogP contribution in [-0.2, 0) is 6.54 Å². The highest BCUT2D eigenvalue weighted by molar-refractivity contribution is 6.30. The fourth-order valence-electron chi connectivity index (χ4n) is 2.01. The van der Waals surface area contributed by atoms with Crippen LogP contribution in [0.5, 0.6) is 0 Å². The minimum absolute atomic E-state index is 0.187. The third kappa shape index (κ3) is 2.93. The number of piperidine rings is 1. The van der Waals surface area contributed by atoms with Crippen LogP contribution in [0, 0.1) is 5.82 Å². The molecule has 1 aromatic rings. The highest BCUT2D eigenvalue weighted by Crippen LogP contribution is 2.18. The number of nitrogens with zero attached hydrogens (tertiary/aromatic N) is 1. The van der Waals surface area contributed by atoms with E-state index in [4.69, 9.17) is 11.6 Å². The summed E-state index contributed by atoms with van der Waals surface area (Å²) in [5.74, 6) is -0.187. The quantitative estimate of drug-likeness (QED) is 0.748. The number of likely N-dealkylation sites (tertiary alicyclic amines) is 1. The highest BCUT2D eigenvalue weighted by atomic mass is 35.5. The van der Waals surface area contributed by atoms with Gasteiger partial charge in [-0.1, -0.05) is 24.1 Å². The molecule has 3 heteroatoms. The normalized spacial score (nSPS) is 18.0. The van der Waals surface area contributed by atoms with Gasteiger partial charge in [-0.2, -0.15) is 0 Å². The number of hydrogen-bond donors (Lipinski definition) is 0. The Bertz CT molecular complexity index is 334. The SMILES string of the molecule is Fc1cc(Cl)ccc1CN1CCCCC1. The predicted octanol–water partition coefficient (Wildman–Crippen LogP) is 3.47. The number of rotatable bonds is 2. The van der Waals surface area contributed by atoms with Crippen molar-refractivity contribution < 1.29 is 4.39 Å². The van der Waals surface area contributed by atoms with Crippen molar-refractivity contribution in [1.82, 2.24) is 4.90 Å². The van der Waals surface area contributed by atoms with E-state index >= 15 is 0 Å². The van der Waals surface area contributed by atoms with Gasteiger partial charge in [0, 0.05) is 17.1 Å². The van der Waals surface area contributed by atoms with Gasteiger partial charge < -0.3 is 0 Å². The lowest BCUT2D eigenvalue weighted by molar-refractivity contribution is 0.218. The van der Waals surface area contributed by atoms with Crippen LogP contribution in [0.15, 0.2) is 18.2 Å². The zero-order chi connectivity index (χ0) is 10.7. The van der Waals surface area contributed by atoms with Crippen molar-refractivity contribution in [3.8, 4) is 0 Å². The average Bonchev–Trinajstić information content (AvgIpc) is 2.24. The molecule has 0 radical (unpaired) electrons. The van der Waals surface area contributed by atoms with Gasteiger partial charge in [-0.25, -0.2) is 4.39 Å². The molecule has 1 nitrogen and oxygen atoms in total. The summed E-state index contributed by atoms with van der Waals surface area (Å²) in [5, 5.41) is 0.467. The largest absolute Gasteiger partial charge is 0.299 e. The Morgan fingerprint density at radius 1 is 1.20 bits per heavy atom. The Morgan fingerprint density at radius 2 is 1.93 bits per heavy atom. The first-order valence-electron chi connectivity index (χ1n) is 5.42. The fraction of sp³-hybridized carbons (Fsp3) is 0.500. The summed E-state index contributed by atoms with van der Waals surface area (Å²) in [7, 11) is 0. The molecule has 0 unspecified atom stereocenters. The Morgan fingerprint density at radius 3 is 2.60 bits per heavy atom. The van der Waals surface area contributed by atoms with Crippen molar-refractivity contribution in [2.24, 2.45) is 0 Å². The van der Waals surface area contributed by atoms with Crippen molar-refractivity contribution >= 4 is 11.6 Å². The molecular formula is C12H15ClFN. The van der Waals surface area contributed by atoms with Crippen LogP contribution in [0.3, 0.4) is 0 Å². The van der Waals surface area contributed by atoms with Gasteiger partial charge in [0.1, 0.15) is 5.82 Å². The van der Waals surface area contributed by atoms with Crippen LogP contribution in [0.25, 0.3) is 0 Å².